The molecular weight excluding hydrogens is 402 g/mol. The molecule has 0 spiro atoms. The maximum atomic E-state index is 9.16. The summed E-state index contributed by atoms with van der Waals surface area (Å²) in [6.07, 6.45) is 0. The Morgan fingerprint density at radius 1 is 1.03 bits per heavy atom. The average Bonchev–Trinajstić information content (AvgIpc) is 2.64. The summed E-state index contributed by atoms with van der Waals surface area (Å²) in [5, 5.41) is 11.2. The third-order valence-corrected chi connectivity index (χ3v) is 4.01. The van der Waals surface area contributed by atoms with E-state index in [-0.39, 0.29) is 6.61 Å². The lowest BCUT2D eigenvalue weighted by atomic mass is 10.0. The first-order chi connectivity index (χ1) is 13.6. The van der Waals surface area contributed by atoms with Crippen LogP contribution >= 0.6 is 0 Å². The van der Waals surface area contributed by atoms with Crippen LogP contribution in [0.15, 0.2) is 46.9 Å². The van der Waals surface area contributed by atoms with E-state index in [1.165, 1.54) is 0 Å². The van der Waals surface area contributed by atoms with Crippen LogP contribution in [0, 0.1) is 24.1 Å². The van der Waals surface area contributed by atoms with Gasteiger partial charge in [-0.25, -0.2) is 23.6 Å². The number of aliphatic hydroxyl groups excluding tert-OH is 1. The summed E-state index contributed by atoms with van der Waals surface area (Å²) in [6.45, 7) is 4.70. The van der Waals surface area contributed by atoms with Crippen LogP contribution in [0.3, 0.4) is 0 Å². The summed E-state index contributed by atoms with van der Waals surface area (Å²) >= 11 is 0. The number of aryl methyl sites for hydroxylation is 2. The number of halogens is 1. The molecule has 2 N–H and O–H groups in total. The predicted octanol–water partition coefficient (Wildman–Crippen LogP) is -3.06. The van der Waals surface area contributed by atoms with Gasteiger partial charge in [0.1, 0.15) is 23.7 Å². The fraction of sp³-hybridized carbons (Fsp3) is 0.250. The highest BCUT2D eigenvalue weighted by molar-refractivity contribution is 5.82. The molecule has 1 heterocycles. The highest BCUT2D eigenvalue weighted by Gasteiger charge is 2.12. The first-order valence-corrected chi connectivity index (χ1v) is 9.85. The van der Waals surface area contributed by atoms with Crippen molar-refractivity contribution in [3.05, 3.63) is 58.9 Å². The molecule has 0 saturated carbocycles. The Bertz CT molecular complexity index is 1020. The second-order valence-corrected chi connectivity index (χ2v) is 6.99. The van der Waals surface area contributed by atoms with Gasteiger partial charge in [-0.15, -0.1) is 10.2 Å². The molecule has 8 nitrogen and oxygen atoms in total. The van der Waals surface area contributed by atoms with Crippen molar-refractivity contribution in [1.29, 1.82) is 0 Å². The topological polar surface area (TPSA) is 149 Å². The number of nitrogens with one attached hydrogen (secondary N) is 1. The van der Waals surface area contributed by atoms with Crippen LogP contribution in [0.2, 0.25) is 0 Å². The van der Waals surface area contributed by atoms with Gasteiger partial charge in [-0.2, -0.15) is 0 Å². The largest absolute Gasteiger partial charge is 0.497 e. The van der Waals surface area contributed by atoms with Crippen LogP contribution < -0.4 is 33.7 Å². The quantitative estimate of drug-likeness (QED) is 0.452. The van der Waals surface area contributed by atoms with Crippen LogP contribution in [0.25, 0.3) is 22.3 Å². The maximum absolute atomic E-state index is 9.16. The van der Waals surface area contributed by atoms with Crippen LogP contribution in [0.5, 0.6) is 5.75 Å². The van der Waals surface area contributed by atoms with E-state index in [9.17, 15) is 0 Å². The molecule has 0 aliphatic carbocycles. The average molecular weight is 424 g/mol. The van der Waals surface area contributed by atoms with E-state index in [1.807, 2.05) is 36.4 Å². The van der Waals surface area contributed by atoms with Crippen molar-refractivity contribution >= 4 is 11.0 Å². The number of ether oxygens (including phenoxy) is 1. The molecule has 0 fully saturated rings. The molecule has 1 aromatic heterocycles. The van der Waals surface area contributed by atoms with Gasteiger partial charge >= 0.3 is 0 Å². The third-order valence-electron chi connectivity index (χ3n) is 4.01. The molecule has 156 valence electrons. The molecule has 0 amide bonds. The van der Waals surface area contributed by atoms with Crippen molar-refractivity contribution < 1.29 is 48.1 Å². The van der Waals surface area contributed by atoms with E-state index >= 15 is 0 Å². The number of hydrogen-bond acceptors (Lipinski definition) is 7. The Labute approximate surface area is 169 Å². The zero-order valence-electron chi connectivity index (χ0n) is 16.2. The molecule has 0 unspecified atom stereocenters. The van der Waals surface area contributed by atoms with Crippen LogP contribution in [-0.4, -0.2) is 25.4 Å². The van der Waals surface area contributed by atoms with Crippen molar-refractivity contribution in [3.63, 3.8) is 0 Å². The molecule has 3 aromatic rings. The Kier molecular flexibility index (Phi) is 7.74. The molecule has 0 radical (unpaired) electrons. The summed E-state index contributed by atoms with van der Waals surface area (Å²) in [4.78, 5) is 3.30. The zero-order valence-corrected chi connectivity index (χ0v) is 17.0. The molecule has 0 saturated heterocycles. The monoisotopic (exact) mass is 423 g/mol. The van der Waals surface area contributed by atoms with Gasteiger partial charge in [0.2, 0.25) is 5.36 Å². The van der Waals surface area contributed by atoms with Gasteiger partial charge in [0.05, 0.1) is 18.6 Å². The summed E-state index contributed by atoms with van der Waals surface area (Å²) in [6, 6.07) is 13.9. The molecule has 0 bridgehead atoms. The van der Waals surface area contributed by atoms with Gasteiger partial charge in [-0.3, -0.25) is 0 Å². The van der Waals surface area contributed by atoms with E-state index in [0.29, 0.717) is 6.54 Å². The van der Waals surface area contributed by atoms with E-state index in [2.05, 4.69) is 24.9 Å². The number of benzene rings is 2. The maximum Gasteiger partial charge on any atom is 0.213 e. The molecule has 0 aliphatic rings. The molecule has 0 atom stereocenters. The minimum atomic E-state index is -4.94. The van der Waals surface area contributed by atoms with Gasteiger partial charge in [0.15, 0.2) is 6.54 Å². The minimum absolute atomic E-state index is 0.0797. The second kappa shape index (κ2) is 9.84. The zero-order chi connectivity index (χ0) is 21.6. The molecule has 9 heteroatoms. The Hall–Kier alpha value is -2.46. The van der Waals surface area contributed by atoms with E-state index in [4.69, 9.17) is 32.9 Å². The first-order valence-electron chi connectivity index (χ1n) is 8.61. The van der Waals surface area contributed by atoms with Crippen LogP contribution in [0.4, 0.5) is 0 Å². The lowest BCUT2D eigenvalue weighted by Crippen LogP contribution is -2.77. The number of fused-ring (bicyclic) bond motifs is 1. The molecule has 3 rings (SSSR count). The van der Waals surface area contributed by atoms with E-state index in [1.54, 1.807) is 7.11 Å². The lowest BCUT2D eigenvalue weighted by molar-refractivity contribution is -2.00. The van der Waals surface area contributed by atoms with Gasteiger partial charge < -0.3 is 14.3 Å². The van der Waals surface area contributed by atoms with Crippen molar-refractivity contribution in [2.24, 2.45) is 0 Å². The van der Waals surface area contributed by atoms with Crippen molar-refractivity contribution in [2.75, 3.05) is 20.3 Å². The highest BCUT2D eigenvalue weighted by atomic mass is 35.7. The smallest absolute Gasteiger partial charge is 0.213 e. The summed E-state index contributed by atoms with van der Waals surface area (Å²) < 4.78 is 45.3. The summed E-state index contributed by atoms with van der Waals surface area (Å²) in [5.74, 6) is 1.58. The number of aliphatic hydroxyl groups is 1. The third kappa shape index (κ3) is 6.82. The number of hydrogen-bond donors (Lipinski definition) is 2. The first kappa shape index (κ1) is 22.8. The second-order valence-electron chi connectivity index (χ2n) is 6.24. The molecule has 2 aromatic carbocycles. The normalized spacial score (nSPS) is 11.9. The van der Waals surface area contributed by atoms with E-state index < -0.39 is 10.2 Å². The van der Waals surface area contributed by atoms with Crippen LogP contribution in [0.1, 0.15) is 11.1 Å². The van der Waals surface area contributed by atoms with Gasteiger partial charge in [-0.1, -0.05) is 6.07 Å². The molecule has 29 heavy (non-hydrogen) atoms. The highest BCUT2D eigenvalue weighted by Crippen LogP contribution is 2.25. The minimum Gasteiger partial charge on any atom is -0.497 e. The molecule has 0 aliphatic heterocycles. The number of rotatable bonds is 4. The Balaban J connectivity index is 0.000000537. The van der Waals surface area contributed by atoms with Crippen molar-refractivity contribution in [3.8, 4) is 17.1 Å². The van der Waals surface area contributed by atoms with E-state index in [0.717, 1.165) is 44.5 Å². The number of methoxy groups -OCH3 is 1. The van der Waals surface area contributed by atoms with Crippen molar-refractivity contribution in [2.45, 2.75) is 13.8 Å². The standard InChI is InChI=1S/C20H21NO3.ClHO4/c1-13-10-14(2)20-17(21-8-9-22)12-18(24-19(20)11-13)15-4-6-16(23-3)7-5-15;2-1(3,4)5/h4-7,10-12,22H,8-9H2,1-3H3;(H,2,3,4,5). The van der Waals surface area contributed by atoms with Gasteiger partial charge in [0.25, 0.3) is 0 Å². The fourth-order valence-corrected chi connectivity index (χ4v) is 2.93. The Morgan fingerprint density at radius 2 is 1.66 bits per heavy atom. The van der Waals surface area contributed by atoms with Gasteiger partial charge in [0, 0.05) is 5.56 Å². The Morgan fingerprint density at radius 3 is 2.21 bits per heavy atom. The fourth-order valence-electron chi connectivity index (χ4n) is 2.93. The molecular formula is C20H22ClNO7. The van der Waals surface area contributed by atoms with Gasteiger partial charge in [-0.05, 0) is 55.3 Å². The van der Waals surface area contributed by atoms with Crippen molar-refractivity contribution in [1.82, 2.24) is 0 Å². The summed E-state index contributed by atoms with van der Waals surface area (Å²) in [5.41, 5.74) is 4.12. The lowest BCUT2D eigenvalue weighted by Gasteiger charge is -2.17. The van der Waals surface area contributed by atoms with Crippen LogP contribution in [-0.2, 0) is 0 Å². The summed E-state index contributed by atoms with van der Waals surface area (Å²) in [7, 11) is -3.29. The predicted molar refractivity (Wildman–Crippen MR) is 93.7 cm³/mol. The SMILES string of the molecule is COc1ccc(-c2cc(=[NH+]CCO)c3c(C)cc(C)cc3o2)cc1.[O-][Cl+3]([O-])([O-])[O-].